The molecule has 124 valence electrons. The molecule has 1 unspecified atom stereocenters. The largest absolute Gasteiger partial charge is 0.496 e. The molecule has 0 aliphatic heterocycles. The van der Waals surface area contributed by atoms with Crippen molar-refractivity contribution in [3.63, 3.8) is 0 Å². The summed E-state index contributed by atoms with van der Waals surface area (Å²) in [7, 11) is 1.74. The first kappa shape index (κ1) is 17.6. The molecule has 0 amide bonds. The van der Waals surface area contributed by atoms with Crippen molar-refractivity contribution in [3.05, 3.63) is 64.2 Å². The van der Waals surface area contributed by atoms with E-state index in [2.05, 4.69) is 64.1 Å². The maximum absolute atomic E-state index is 6.12. The molecule has 2 aromatic carbocycles. The second-order valence-electron chi connectivity index (χ2n) is 6.72. The second-order valence-corrected chi connectivity index (χ2v) is 6.72. The van der Waals surface area contributed by atoms with Crippen LogP contribution in [0.4, 0.5) is 0 Å². The van der Waals surface area contributed by atoms with Gasteiger partial charge in [0.15, 0.2) is 0 Å². The molecular formula is C21H29NO. The van der Waals surface area contributed by atoms with Crippen LogP contribution in [0, 0.1) is 13.8 Å². The summed E-state index contributed by atoms with van der Waals surface area (Å²) in [5, 5.41) is 0. The lowest BCUT2D eigenvalue weighted by atomic mass is 9.87. The summed E-state index contributed by atoms with van der Waals surface area (Å²) < 4.78 is 5.57. The molecule has 2 aromatic rings. The third-order valence-electron chi connectivity index (χ3n) is 4.60. The molecule has 0 fully saturated rings. The molecule has 2 N–H and O–H groups in total. The van der Waals surface area contributed by atoms with Gasteiger partial charge in [-0.3, -0.25) is 0 Å². The molecule has 0 aliphatic carbocycles. The predicted octanol–water partition coefficient (Wildman–Crippen LogP) is 4.72. The number of hydrogen-bond acceptors (Lipinski definition) is 2. The monoisotopic (exact) mass is 311 g/mol. The molecule has 0 aromatic heterocycles. The van der Waals surface area contributed by atoms with Gasteiger partial charge < -0.3 is 10.5 Å². The van der Waals surface area contributed by atoms with Crippen molar-refractivity contribution >= 4 is 0 Å². The Kier molecular flexibility index (Phi) is 5.84. The summed E-state index contributed by atoms with van der Waals surface area (Å²) in [5.74, 6) is 1.78. The minimum atomic E-state index is 0.311. The Balaban J connectivity index is 2.38. The smallest absolute Gasteiger partial charge is 0.122 e. The minimum absolute atomic E-state index is 0.311. The van der Waals surface area contributed by atoms with E-state index in [4.69, 9.17) is 10.5 Å². The summed E-state index contributed by atoms with van der Waals surface area (Å²) in [5.41, 5.74) is 12.7. The van der Waals surface area contributed by atoms with Crippen LogP contribution in [0.15, 0.2) is 36.4 Å². The highest BCUT2D eigenvalue weighted by atomic mass is 16.5. The van der Waals surface area contributed by atoms with E-state index in [0.29, 0.717) is 18.4 Å². The Morgan fingerprint density at radius 1 is 1.04 bits per heavy atom. The van der Waals surface area contributed by atoms with Crippen LogP contribution >= 0.6 is 0 Å². The van der Waals surface area contributed by atoms with Gasteiger partial charge in [0.25, 0.3) is 0 Å². The third kappa shape index (κ3) is 4.14. The predicted molar refractivity (Wildman–Crippen MR) is 98.5 cm³/mol. The first-order valence-electron chi connectivity index (χ1n) is 8.40. The fourth-order valence-electron chi connectivity index (χ4n) is 3.10. The number of aryl methyl sites for hydroxylation is 2. The molecule has 23 heavy (non-hydrogen) atoms. The zero-order valence-electron chi connectivity index (χ0n) is 15.0. The fourth-order valence-corrected chi connectivity index (χ4v) is 3.10. The lowest BCUT2D eigenvalue weighted by molar-refractivity contribution is 0.407. The van der Waals surface area contributed by atoms with Gasteiger partial charge >= 0.3 is 0 Å². The van der Waals surface area contributed by atoms with E-state index in [0.717, 1.165) is 12.2 Å². The van der Waals surface area contributed by atoms with Crippen LogP contribution in [0.1, 0.15) is 53.5 Å². The highest BCUT2D eigenvalue weighted by Gasteiger charge is 2.16. The Bertz CT molecular complexity index is 661. The SMILES string of the molecule is COc1ccc(C(C)C)cc1CC(CN)c1cc(C)ccc1C. The van der Waals surface area contributed by atoms with Gasteiger partial charge in [0, 0.05) is 5.92 Å². The van der Waals surface area contributed by atoms with E-state index in [1.165, 1.54) is 27.8 Å². The van der Waals surface area contributed by atoms with Crippen LogP contribution in [0.2, 0.25) is 0 Å². The van der Waals surface area contributed by atoms with E-state index >= 15 is 0 Å². The van der Waals surface area contributed by atoms with Crippen LogP contribution in [0.5, 0.6) is 5.75 Å². The summed E-state index contributed by atoms with van der Waals surface area (Å²) in [6.07, 6.45) is 0.907. The summed E-state index contributed by atoms with van der Waals surface area (Å²) in [6, 6.07) is 13.1. The minimum Gasteiger partial charge on any atom is -0.496 e. The summed E-state index contributed by atoms with van der Waals surface area (Å²) in [4.78, 5) is 0. The molecule has 2 nitrogen and oxygen atoms in total. The van der Waals surface area contributed by atoms with E-state index < -0.39 is 0 Å². The molecule has 0 saturated heterocycles. The number of ether oxygens (including phenoxy) is 1. The number of hydrogen-bond donors (Lipinski definition) is 1. The van der Waals surface area contributed by atoms with Gasteiger partial charge in [-0.05, 0) is 61.1 Å². The van der Waals surface area contributed by atoms with Crippen molar-refractivity contribution < 1.29 is 4.74 Å². The normalized spacial score (nSPS) is 12.5. The van der Waals surface area contributed by atoms with Gasteiger partial charge in [0.2, 0.25) is 0 Å². The number of nitrogens with two attached hydrogens (primary N) is 1. The average molecular weight is 311 g/mol. The third-order valence-corrected chi connectivity index (χ3v) is 4.60. The van der Waals surface area contributed by atoms with Crippen molar-refractivity contribution in [1.29, 1.82) is 0 Å². The molecule has 2 rings (SSSR count). The first-order chi connectivity index (χ1) is 11.0. The molecule has 1 atom stereocenters. The quantitative estimate of drug-likeness (QED) is 0.837. The van der Waals surface area contributed by atoms with Crippen molar-refractivity contribution in [3.8, 4) is 5.75 Å². The van der Waals surface area contributed by atoms with Crippen molar-refractivity contribution in [1.82, 2.24) is 0 Å². The van der Waals surface area contributed by atoms with E-state index in [9.17, 15) is 0 Å². The fraction of sp³-hybridized carbons (Fsp3) is 0.429. The maximum atomic E-state index is 6.12. The van der Waals surface area contributed by atoms with Crippen LogP contribution in [-0.4, -0.2) is 13.7 Å². The van der Waals surface area contributed by atoms with Crippen LogP contribution in [-0.2, 0) is 6.42 Å². The Labute approximate surface area is 140 Å². The molecule has 0 radical (unpaired) electrons. The zero-order chi connectivity index (χ0) is 17.0. The Morgan fingerprint density at radius 3 is 2.39 bits per heavy atom. The van der Waals surface area contributed by atoms with Gasteiger partial charge in [-0.1, -0.05) is 49.7 Å². The van der Waals surface area contributed by atoms with Crippen LogP contribution in [0.3, 0.4) is 0 Å². The highest BCUT2D eigenvalue weighted by Crippen LogP contribution is 2.30. The van der Waals surface area contributed by atoms with Gasteiger partial charge in [-0.15, -0.1) is 0 Å². The molecule has 2 heteroatoms. The molecule has 0 bridgehead atoms. The standard InChI is InChI=1S/C21H29NO/c1-14(2)17-8-9-21(23-5)18(11-17)12-19(13-22)20-10-15(3)6-7-16(20)4/h6-11,14,19H,12-13,22H2,1-5H3. The summed E-state index contributed by atoms with van der Waals surface area (Å²) in [6.45, 7) is 9.38. The lowest BCUT2D eigenvalue weighted by Gasteiger charge is -2.21. The van der Waals surface area contributed by atoms with Crippen molar-refractivity contribution in [2.45, 2.75) is 46.0 Å². The summed E-state index contributed by atoms with van der Waals surface area (Å²) >= 11 is 0. The number of rotatable bonds is 6. The topological polar surface area (TPSA) is 35.2 Å². The van der Waals surface area contributed by atoms with Crippen LogP contribution in [0.25, 0.3) is 0 Å². The Hall–Kier alpha value is -1.80. The highest BCUT2D eigenvalue weighted by molar-refractivity contribution is 5.41. The zero-order valence-corrected chi connectivity index (χ0v) is 15.0. The maximum Gasteiger partial charge on any atom is 0.122 e. The van der Waals surface area contributed by atoms with Crippen molar-refractivity contribution in [2.24, 2.45) is 5.73 Å². The van der Waals surface area contributed by atoms with E-state index in [-0.39, 0.29) is 0 Å². The van der Waals surface area contributed by atoms with E-state index in [1.807, 2.05) is 0 Å². The molecule has 0 aliphatic rings. The second kappa shape index (κ2) is 7.65. The van der Waals surface area contributed by atoms with Gasteiger partial charge in [-0.2, -0.15) is 0 Å². The van der Waals surface area contributed by atoms with E-state index in [1.54, 1.807) is 7.11 Å². The molecule has 0 saturated carbocycles. The van der Waals surface area contributed by atoms with Gasteiger partial charge in [0.05, 0.1) is 7.11 Å². The first-order valence-corrected chi connectivity index (χ1v) is 8.40. The number of benzene rings is 2. The Morgan fingerprint density at radius 2 is 1.78 bits per heavy atom. The lowest BCUT2D eigenvalue weighted by Crippen LogP contribution is -2.17. The van der Waals surface area contributed by atoms with Crippen molar-refractivity contribution in [2.75, 3.05) is 13.7 Å². The number of methoxy groups -OCH3 is 1. The average Bonchev–Trinajstić information content (AvgIpc) is 2.54. The van der Waals surface area contributed by atoms with Crippen LogP contribution < -0.4 is 10.5 Å². The molecule has 0 spiro atoms. The molecule has 0 heterocycles. The van der Waals surface area contributed by atoms with Gasteiger partial charge in [-0.25, -0.2) is 0 Å². The van der Waals surface area contributed by atoms with Gasteiger partial charge in [0.1, 0.15) is 5.75 Å². The molecular weight excluding hydrogens is 282 g/mol.